The first kappa shape index (κ1) is 9.92. The van der Waals surface area contributed by atoms with E-state index in [1.54, 1.807) is 0 Å². The minimum absolute atomic E-state index is 0.0316. The van der Waals surface area contributed by atoms with Gasteiger partial charge in [0.2, 0.25) is 0 Å². The van der Waals surface area contributed by atoms with Crippen LogP contribution in [0.15, 0.2) is 0 Å². The summed E-state index contributed by atoms with van der Waals surface area (Å²) < 4.78 is 0. The zero-order valence-electron chi connectivity index (χ0n) is 7.40. The summed E-state index contributed by atoms with van der Waals surface area (Å²) in [6.45, 7) is 9.08. The molecule has 2 heteroatoms. The molecule has 0 amide bonds. The molecule has 0 atom stereocenters. The van der Waals surface area contributed by atoms with Gasteiger partial charge in [-0.2, -0.15) is 0 Å². The van der Waals surface area contributed by atoms with Gasteiger partial charge in [0, 0.05) is 12.1 Å². The van der Waals surface area contributed by atoms with Gasteiger partial charge in [0.1, 0.15) is 0 Å². The van der Waals surface area contributed by atoms with Crippen LogP contribution in [0.3, 0.4) is 0 Å². The van der Waals surface area contributed by atoms with E-state index in [-0.39, 0.29) is 12.1 Å². The Morgan fingerprint density at radius 3 is 2.20 bits per heavy atom. The van der Waals surface area contributed by atoms with Gasteiger partial charge in [0.05, 0.1) is 6.61 Å². The molecule has 0 unspecified atom stereocenters. The molecular weight excluding hydrogens is 126 g/mol. The fraction of sp³-hybridized carbons (Fsp3) is 1.00. The Hall–Kier alpha value is -0.0800. The predicted octanol–water partition coefficient (Wildman–Crippen LogP) is 1.44. The van der Waals surface area contributed by atoms with E-state index in [0.717, 1.165) is 0 Å². The Labute approximate surface area is 63.6 Å². The van der Waals surface area contributed by atoms with E-state index in [4.69, 9.17) is 0 Å². The van der Waals surface area contributed by atoms with Crippen LogP contribution in [0.4, 0.5) is 0 Å². The molecule has 0 heterocycles. The van der Waals surface area contributed by atoms with Crippen LogP contribution in [0.5, 0.6) is 0 Å². The average Bonchev–Trinajstić information content (AvgIpc) is 1.84. The van der Waals surface area contributed by atoms with E-state index < -0.39 is 0 Å². The first-order valence-electron chi connectivity index (χ1n) is 3.84. The minimum atomic E-state index is -0.0316. The van der Waals surface area contributed by atoms with E-state index in [2.05, 4.69) is 33.0 Å². The van der Waals surface area contributed by atoms with Crippen molar-refractivity contribution in [1.29, 1.82) is 0 Å². The molecule has 10 heavy (non-hydrogen) atoms. The molecule has 2 nitrogen and oxygen atoms in total. The third-order valence-electron chi connectivity index (χ3n) is 2.13. The molecule has 0 spiro atoms. The standard InChI is InChI=1S/C8H18NO/c1-7(2)8(3,4)9-5-6-10/h7,9H,5-6H2,1-4H3. The quantitative estimate of drug-likeness (QED) is 0.636. The van der Waals surface area contributed by atoms with Crippen LogP contribution in [0, 0.1) is 5.92 Å². The highest BCUT2D eigenvalue weighted by atomic mass is 16.3. The molecule has 0 fully saturated rings. The van der Waals surface area contributed by atoms with Crippen LogP contribution in [0.25, 0.3) is 0 Å². The first-order valence-corrected chi connectivity index (χ1v) is 3.84. The van der Waals surface area contributed by atoms with Gasteiger partial charge < -0.3 is 5.32 Å². The summed E-state index contributed by atoms with van der Waals surface area (Å²) in [7, 11) is 0. The first-order chi connectivity index (χ1) is 4.50. The van der Waals surface area contributed by atoms with Gasteiger partial charge in [0.15, 0.2) is 0 Å². The van der Waals surface area contributed by atoms with E-state index in [1.807, 2.05) is 0 Å². The van der Waals surface area contributed by atoms with Crippen molar-refractivity contribution in [2.45, 2.75) is 33.2 Å². The minimum Gasteiger partial charge on any atom is -0.309 e. The molecule has 1 radical (unpaired) electrons. The summed E-state index contributed by atoms with van der Waals surface area (Å²) >= 11 is 0. The van der Waals surface area contributed by atoms with E-state index in [9.17, 15) is 5.11 Å². The average molecular weight is 144 g/mol. The van der Waals surface area contributed by atoms with Crippen molar-refractivity contribution in [3.63, 3.8) is 0 Å². The molecule has 0 rings (SSSR count). The molecule has 0 saturated carbocycles. The second kappa shape index (κ2) is 3.94. The van der Waals surface area contributed by atoms with Gasteiger partial charge in [-0.3, -0.25) is 0 Å². The summed E-state index contributed by atoms with van der Waals surface area (Å²) in [6, 6.07) is 0. The van der Waals surface area contributed by atoms with Gasteiger partial charge in [0.25, 0.3) is 0 Å². The van der Waals surface area contributed by atoms with Gasteiger partial charge in [-0.05, 0) is 19.8 Å². The highest BCUT2D eigenvalue weighted by Gasteiger charge is 2.20. The van der Waals surface area contributed by atoms with Gasteiger partial charge >= 0.3 is 0 Å². The molecule has 0 aliphatic rings. The lowest BCUT2D eigenvalue weighted by molar-refractivity contribution is 0.173. The molecular formula is C8H18NO. The predicted molar refractivity (Wildman–Crippen MR) is 42.5 cm³/mol. The van der Waals surface area contributed by atoms with Gasteiger partial charge in [-0.25, -0.2) is 5.11 Å². The van der Waals surface area contributed by atoms with E-state index >= 15 is 0 Å². The Morgan fingerprint density at radius 2 is 1.90 bits per heavy atom. The normalized spacial score (nSPS) is 12.6. The Kier molecular flexibility index (Phi) is 3.91. The van der Waals surface area contributed by atoms with Crippen molar-refractivity contribution in [3.8, 4) is 0 Å². The fourth-order valence-corrected chi connectivity index (χ4v) is 0.577. The second-order valence-electron chi connectivity index (χ2n) is 3.51. The van der Waals surface area contributed by atoms with Gasteiger partial charge in [-0.1, -0.05) is 13.8 Å². The number of hydrogen-bond donors (Lipinski definition) is 1. The summed E-state index contributed by atoms with van der Waals surface area (Å²) in [4.78, 5) is 0. The Bertz CT molecular complexity index is 89.3. The lowest BCUT2D eigenvalue weighted by Gasteiger charge is -2.30. The van der Waals surface area contributed by atoms with Crippen molar-refractivity contribution in [3.05, 3.63) is 0 Å². The van der Waals surface area contributed by atoms with Crippen LogP contribution < -0.4 is 5.32 Å². The zero-order chi connectivity index (χ0) is 8.20. The monoisotopic (exact) mass is 144 g/mol. The highest BCUT2D eigenvalue weighted by Crippen LogP contribution is 2.13. The highest BCUT2D eigenvalue weighted by molar-refractivity contribution is 4.80. The molecule has 0 aromatic carbocycles. The van der Waals surface area contributed by atoms with Crippen LogP contribution in [-0.4, -0.2) is 18.7 Å². The summed E-state index contributed by atoms with van der Waals surface area (Å²) in [6.07, 6.45) is 0. The molecule has 0 aliphatic carbocycles. The third kappa shape index (κ3) is 3.18. The molecule has 0 bridgehead atoms. The second-order valence-corrected chi connectivity index (χ2v) is 3.51. The van der Waals surface area contributed by atoms with Gasteiger partial charge in [-0.15, -0.1) is 0 Å². The molecule has 0 aliphatic heterocycles. The van der Waals surface area contributed by atoms with E-state index in [1.165, 1.54) is 0 Å². The van der Waals surface area contributed by atoms with Crippen LogP contribution in [0.1, 0.15) is 27.7 Å². The molecule has 0 aromatic heterocycles. The maximum Gasteiger partial charge on any atom is 0.0946 e. The summed E-state index contributed by atoms with van der Waals surface area (Å²) in [5.74, 6) is 0.569. The van der Waals surface area contributed by atoms with E-state index in [0.29, 0.717) is 12.5 Å². The van der Waals surface area contributed by atoms with Crippen molar-refractivity contribution in [2.75, 3.05) is 13.2 Å². The van der Waals surface area contributed by atoms with Crippen molar-refractivity contribution in [1.82, 2.24) is 5.32 Å². The SMILES string of the molecule is CC(C)C(C)(C)NCC[O]. The Balaban J connectivity index is 3.63. The molecule has 0 saturated heterocycles. The maximum atomic E-state index is 10.1. The van der Waals surface area contributed by atoms with Crippen LogP contribution >= 0.6 is 0 Å². The summed E-state index contributed by atoms with van der Waals surface area (Å²) in [5, 5.41) is 13.3. The number of nitrogens with one attached hydrogen (secondary N) is 1. The molecule has 0 aromatic rings. The molecule has 61 valence electrons. The Morgan fingerprint density at radius 1 is 1.40 bits per heavy atom. The van der Waals surface area contributed by atoms with Crippen LogP contribution in [0.2, 0.25) is 0 Å². The lowest BCUT2D eigenvalue weighted by Crippen LogP contribution is -2.45. The van der Waals surface area contributed by atoms with Crippen molar-refractivity contribution in [2.24, 2.45) is 5.92 Å². The topological polar surface area (TPSA) is 31.9 Å². The smallest absolute Gasteiger partial charge is 0.0946 e. The lowest BCUT2D eigenvalue weighted by atomic mass is 9.91. The zero-order valence-corrected chi connectivity index (χ0v) is 7.40. The molecule has 1 N–H and O–H groups in total. The third-order valence-corrected chi connectivity index (χ3v) is 2.13. The van der Waals surface area contributed by atoms with Crippen molar-refractivity contribution < 1.29 is 5.11 Å². The number of hydrogen-bond acceptors (Lipinski definition) is 1. The summed E-state index contributed by atoms with van der Waals surface area (Å²) in [5.41, 5.74) is 0.102. The van der Waals surface area contributed by atoms with Crippen molar-refractivity contribution >= 4 is 0 Å². The largest absolute Gasteiger partial charge is 0.309 e. The maximum absolute atomic E-state index is 10.1. The number of rotatable bonds is 4. The van der Waals surface area contributed by atoms with Crippen LogP contribution in [-0.2, 0) is 5.11 Å². The fourth-order valence-electron chi connectivity index (χ4n) is 0.577.